The van der Waals surface area contributed by atoms with Crippen LogP contribution in [0.2, 0.25) is 0 Å². The molecule has 29 heavy (non-hydrogen) atoms. The molecule has 2 aromatic heterocycles. The first kappa shape index (κ1) is 21.2. The van der Waals surface area contributed by atoms with Crippen LogP contribution in [0.15, 0.2) is 17.5 Å². The van der Waals surface area contributed by atoms with Crippen molar-refractivity contribution in [3.63, 3.8) is 0 Å². The lowest BCUT2D eigenvalue weighted by Crippen LogP contribution is -2.31. The van der Waals surface area contributed by atoms with Gasteiger partial charge in [0.15, 0.2) is 0 Å². The van der Waals surface area contributed by atoms with E-state index in [1.807, 2.05) is 39.1 Å². The van der Waals surface area contributed by atoms with E-state index in [-0.39, 0.29) is 25.3 Å². The predicted molar refractivity (Wildman–Crippen MR) is 113 cm³/mol. The molecule has 3 heterocycles. The molecule has 0 aliphatic carbocycles. The predicted octanol–water partition coefficient (Wildman–Crippen LogP) is 4.43. The number of carbonyl (C=O) groups excluding carboxylic acids is 2. The highest BCUT2D eigenvalue weighted by Gasteiger charge is 2.28. The molecule has 0 unspecified atom stereocenters. The summed E-state index contributed by atoms with van der Waals surface area (Å²) in [5.74, 6) is 0. The molecule has 158 valence electrons. The summed E-state index contributed by atoms with van der Waals surface area (Å²) >= 11 is 1.65. The Labute approximate surface area is 175 Å². The number of alkyl carbamates (subject to hydrolysis) is 2. The summed E-state index contributed by atoms with van der Waals surface area (Å²) in [5, 5.41) is 7.53. The normalized spacial score (nSPS) is 12.9. The van der Waals surface area contributed by atoms with Gasteiger partial charge in [-0.25, -0.2) is 9.59 Å². The molecule has 0 spiro atoms. The highest BCUT2D eigenvalue weighted by atomic mass is 32.1. The third-order valence-corrected chi connectivity index (χ3v) is 5.53. The molecule has 0 saturated heterocycles. The number of amides is 2. The van der Waals surface area contributed by atoms with Crippen molar-refractivity contribution < 1.29 is 19.1 Å². The van der Waals surface area contributed by atoms with E-state index in [4.69, 9.17) is 9.47 Å². The Hall–Kier alpha value is -2.48. The SMILES string of the molecule is CC(C)NC(=O)OCc1c(COC(=O)NC(C)C)c(-c2cccs2)n2c1CCC2. The van der Waals surface area contributed by atoms with E-state index in [0.717, 1.165) is 46.8 Å². The molecule has 0 radical (unpaired) electrons. The summed E-state index contributed by atoms with van der Waals surface area (Å²) in [5.41, 5.74) is 4.09. The first-order chi connectivity index (χ1) is 13.9. The number of aromatic nitrogens is 1. The molecule has 0 saturated carbocycles. The minimum Gasteiger partial charge on any atom is -0.445 e. The van der Waals surface area contributed by atoms with E-state index in [1.54, 1.807) is 11.3 Å². The number of hydrogen-bond acceptors (Lipinski definition) is 5. The quantitative estimate of drug-likeness (QED) is 0.695. The molecule has 2 amide bonds. The molecular formula is C21H29N3O4S. The Morgan fingerprint density at radius 1 is 1.07 bits per heavy atom. The molecular weight excluding hydrogens is 390 g/mol. The van der Waals surface area contributed by atoms with Crippen molar-refractivity contribution in [3.05, 3.63) is 34.3 Å². The molecule has 2 N–H and O–H groups in total. The molecule has 2 aromatic rings. The average Bonchev–Trinajstić information content (AvgIpc) is 3.34. The topological polar surface area (TPSA) is 81.6 Å². The van der Waals surface area contributed by atoms with Crippen LogP contribution in [0.1, 0.15) is 50.9 Å². The van der Waals surface area contributed by atoms with Gasteiger partial charge in [-0.3, -0.25) is 0 Å². The first-order valence-corrected chi connectivity index (χ1v) is 10.9. The lowest BCUT2D eigenvalue weighted by molar-refractivity contribution is 0.129. The van der Waals surface area contributed by atoms with Crippen LogP contribution in [0.25, 0.3) is 10.6 Å². The lowest BCUT2D eigenvalue weighted by Gasteiger charge is -2.13. The van der Waals surface area contributed by atoms with E-state index < -0.39 is 12.2 Å². The van der Waals surface area contributed by atoms with Crippen LogP contribution in [-0.4, -0.2) is 28.8 Å². The van der Waals surface area contributed by atoms with E-state index in [9.17, 15) is 9.59 Å². The highest BCUT2D eigenvalue weighted by molar-refractivity contribution is 7.13. The molecule has 0 aromatic carbocycles. The van der Waals surface area contributed by atoms with E-state index in [2.05, 4.69) is 21.3 Å². The second kappa shape index (κ2) is 9.35. The monoisotopic (exact) mass is 419 g/mol. The fourth-order valence-electron chi connectivity index (χ4n) is 3.57. The van der Waals surface area contributed by atoms with Crippen LogP contribution in [-0.2, 0) is 35.7 Å². The zero-order chi connectivity index (χ0) is 21.0. The summed E-state index contributed by atoms with van der Waals surface area (Å²) in [7, 11) is 0. The van der Waals surface area contributed by atoms with E-state index in [0.29, 0.717) is 0 Å². The number of nitrogens with zero attached hydrogens (tertiary/aromatic N) is 1. The maximum absolute atomic E-state index is 12.1. The van der Waals surface area contributed by atoms with Crippen LogP contribution >= 0.6 is 11.3 Å². The second-order valence-electron chi connectivity index (χ2n) is 7.74. The summed E-state index contributed by atoms with van der Waals surface area (Å²) in [6.07, 6.45) is 1.07. The van der Waals surface area contributed by atoms with Gasteiger partial charge in [0.1, 0.15) is 13.2 Å². The smallest absolute Gasteiger partial charge is 0.407 e. The van der Waals surface area contributed by atoms with Gasteiger partial charge in [-0.15, -0.1) is 11.3 Å². The van der Waals surface area contributed by atoms with Crippen molar-refractivity contribution in [2.45, 2.75) is 72.4 Å². The van der Waals surface area contributed by atoms with Gasteiger partial charge < -0.3 is 24.7 Å². The van der Waals surface area contributed by atoms with Gasteiger partial charge in [0.25, 0.3) is 0 Å². The van der Waals surface area contributed by atoms with Crippen molar-refractivity contribution in [2.24, 2.45) is 0 Å². The van der Waals surface area contributed by atoms with Gasteiger partial charge in [-0.2, -0.15) is 0 Å². The number of fused-ring (bicyclic) bond motifs is 1. The molecule has 8 heteroatoms. The van der Waals surface area contributed by atoms with Crippen LogP contribution in [0, 0.1) is 0 Å². The maximum Gasteiger partial charge on any atom is 0.407 e. The summed E-state index contributed by atoms with van der Waals surface area (Å²) in [6, 6.07) is 4.09. The van der Waals surface area contributed by atoms with Gasteiger partial charge in [-0.05, 0) is 52.0 Å². The van der Waals surface area contributed by atoms with E-state index in [1.165, 1.54) is 0 Å². The van der Waals surface area contributed by atoms with Crippen LogP contribution in [0.5, 0.6) is 0 Å². The molecule has 7 nitrogen and oxygen atoms in total. The van der Waals surface area contributed by atoms with Gasteiger partial charge in [-0.1, -0.05) is 6.07 Å². The fourth-order valence-corrected chi connectivity index (χ4v) is 4.37. The zero-order valence-corrected chi connectivity index (χ0v) is 18.2. The lowest BCUT2D eigenvalue weighted by atomic mass is 10.1. The maximum atomic E-state index is 12.1. The molecule has 0 atom stereocenters. The molecule has 1 aliphatic rings. The third-order valence-electron chi connectivity index (χ3n) is 4.65. The number of carbonyl (C=O) groups is 2. The van der Waals surface area contributed by atoms with E-state index >= 15 is 0 Å². The van der Waals surface area contributed by atoms with Crippen LogP contribution in [0.3, 0.4) is 0 Å². The first-order valence-electron chi connectivity index (χ1n) is 10.00. The number of thiophene rings is 1. The molecule has 3 rings (SSSR count). The van der Waals surface area contributed by atoms with Crippen LogP contribution < -0.4 is 10.6 Å². The summed E-state index contributed by atoms with van der Waals surface area (Å²) in [4.78, 5) is 25.2. The van der Waals surface area contributed by atoms with Crippen molar-refractivity contribution in [3.8, 4) is 10.6 Å². The van der Waals surface area contributed by atoms with Crippen molar-refractivity contribution in [1.82, 2.24) is 15.2 Å². The molecule has 0 fully saturated rings. The average molecular weight is 420 g/mol. The number of nitrogens with one attached hydrogen (secondary N) is 2. The Morgan fingerprint density at radius 2 is 1.69 bits per heavy atom. The summed E-state index contributed by atoms with van der Waals surface area (Å²) in [6.45, 7) is 8.75. The van der Waals surface area contributed by atoms with Crippen LogP contribution in [0.4, 0.5) is 9.59 Å². The minimum atomic E-state index is -0.451. The van der Waals surface area contributed by atoms with Gasteiger partial charge in [0.2, 0.25) is 0 Å². The Morgan fingerprint density at radius 3 is 2.24 bits per heavy atom. The summed E-state index contributed by atoms with van der Waals surface area (Å²) < 4.78 is 13.3. The van der Waals surface area contributed by atoms with Crippen molar-refractivity contribution in [1.29, 1.82) is 0 Å². The van der Waals surface area contributed by atoms with Gasteiger partial charge >= 0.3 is 12.2 Å². The molecule has 1 aliphatic heterocycles. The standard InChI is InChI=1S/C21H29N3O4S/c1-13(2)22-20(25)27-11-15-16(12-28-21(26)23-14(3)4)19(18-8-6-10-29-18)24-9-5-7-17(15)24/h6,8,10,13-14H,5,7,9,11-12H2,1-4H3,(H,22,25)(H,23,26). The third kappa shape index (κ3) is 5.12. The van der Waals surface area contributed by atoms with Gasteiger partial charge in [0, 0.05) is 35.4 Å². The minimum absolute atomic E-state index is 0.000780. The van der Waals surface area contributed by atoms with Crippen molar-refractivity contribution in [2.75, 3.05) is 0 Å². The zero-order valence-electron chi connectivity index (χ0n) is 17.4. The molecule has 0 bridgehead atoms. The Balaban J connectivity index is 1.90. The number of hydrogen-bond donors (Lipinski definition) is 2. The largest absolute Gasteiger partial charge is 0.445 e. The second-order valence-corrected chi connectivity index (χ2v) is 8.68. The van der Waals surface area contributed by atoms with Crippen molar-refractivity contribution >= 4 is 23.5 Å². The Bertz CT molecular complexity index is 856. The Kier molecular flexibility index (Phi) is 6.84. The van der Waals surface area contributed by atoms with Gasteiger partial charge in [0.05, 0.1) is 10.6 Å². The number of rotatable bonds is 7. The fraction of sp³-hybridized carbons (Fsp3) is 0.524. The number of ether oxygens (including phenoxy) is 2. The highest BCUT2D eigenvalue weighted by Crippen LogP contribution is 2.38.